The highest BCUT2D eigenvalue weighted by molar-refractivity contribution is 8.01. The zero-order valence-electron chi connectivity index (χ0n) is 10.4. The second-order valence-corrected chi connectivity index (χ2v) is 6.27. The number of nitrogens with zero attached hydrogens (tertiary/aromatic N) is 1. The second-order valence-electron chi connectivity index (χ2n) is 5.21. The first-order chi connectivity index (χ1) is 7.67. The van der Waals surface area contributed by atoms with Crippen LogP contribution in [0, 0.1) is 0 Å². The summed E-state index contributed by atoms with van der Waals surface area (Å²) < 4.78 is 0. The highest BCUT2D eigenvalue weighted by Crippen LogP contribution is 2.34. The molecule has 2 saturated heterocycles. The lowest BCUT2D eigenvalue weighted by molar-refractivity contribution is -0.735. The zero-order valence-corrected chi connectivity index (χ0v) is 11.2. The highest BCUT2D eigenvalue weighted by Gasteiger charge is 2.49. The lowest BCUT2D eigenvalue weighted by atomic mass is 9.91. The van der Waals surface area contributed by atoms with Gasteiger partial charge in [0.1, 0.15) is 10.9 Å². The Bertz CT molecular complexity index is 272. The van der Waals surface area contributed by atoms with E-state index in [2.05, 4.69) is 24.1 Å². The molecule has 0 spiro atoms. The number of hydrogen-bond donors (Lipinski definition) is 1. The van der Waals surface area contributed by atoms with Crippen LogP contribution in [0.2, 0.25) is 0 Å². The van der Waals surface area contributed by atoms with Crippen LogP contribution in [0.1, 0.15) is 39.5 Å². The number of quaternary nitrogens is 1. The molecule has 0 aromatic rings. The zero-order chi connectivity index (χ0) is 11.6. The molecule has 16 heavy (non-hydrogen) atoms. The van der Waals surface area contributed by atoms with E-state index in [0.29, 0.717) is 17.0 Å². The number of amides is 1. The first-order valence-corrected chi connectivity index (χ1v) is 7.48. The molecule has 0 unspecified atom stereocenters. The van der Waals surface area contributed by atoms with Crippen LogP contribution in [0.4, 0.5) is 0 Å². The van der Waals surface area contributed by atoms with Crippen molar-refractivity contribution < 1.29 is 10.1 Å². The van der Waals surface area contributed by atoms with Crippen LogP contribution in [0.25, 0.3) is 0 Å². The fourth-order valence-corrected chi connectivity index (χ4v) is 4.32. The van der Waals surface area contributed by atoms with E-state index in [1.165, 1.54) is 25.7 Å². The van der Waals surface area contributed by atoms with Gasteiger partial charge in [0.05, 0.1) is 18.8 Å². The Morgan fingerprint density at radius 2 is 2.38 bits per heavy atom. The van der Waals surface area contributed by atoms with E-state index in [4.69, 9.17) is 0 Å². The summed E-state index contributed by atoms with van der Waals surface area (Å²) in [5.41, 5.74) is 0.254. The minimum absolute atomic E-state index is 0.254. The molecule has 92 valence electrons. The summed E-state index contributed by atoms with van der Waals surface area (Å²) in [5, 5.41) is 2.89. The highest BCUT2D eigenvalue weighted by atomic mass is 32.2. The van der Waals surface area contributed by atoms with Crippen LogP contribution in [0.15, 0.2) is 0 Å². The lowest BCUT2D eigenvalue weighted by Crippen LogP contribution is -3.02. The molecule has 4 heteroatoms. The molecule has 0 aromatic carbocycles. The Morgan fingerprint density at radius 1 is 1.56 bits per heavy atom. The molecule has 0 aromatic heterocycles. The second kappa shape index (κ2) is 4.96. The van der Waals surface area contributed by atoms with E-state index in [1.54, 1.807) is 0 Å². The van der Waals surface area contributed by atoms with E-state index in [0.717, 1.165) is 13.1 Å². The van der Waals surface area contributed by atoms with E-state index < -0.39 is 0 Å². The summed E-state index contributed by atoms with van der Waals surface area (Å²) in [6.07, 6.45) is 5.12. The van der Waals surface area contributed by atoms with Gasteiger partial charge in [0.25, 0.3) is 0 Å². The Morgan fingerprint density at radius 3 is 3.12 bits per heavy atom. The topological polar surface area (TPSA) is 36.9 Å². The van der Waals surface area contributed by atoms with Crippen molar-refractivity contribution in [3.63, 3.8) is 0 Å². The van der Waals surface area contributed by atoms with Gasteiger partial charge in [-0.3, -0.25) is 4.79 Å². The van der Waals surface area contributed by atoms with Crippen LogP contribution >= 0.6 is 11.8 Å². The molecule has 0 radical (unpaired) electrons. The van der Waals surface area contributed by atoms with Crippen molar-refractivity contribution in [3.05, 3.63) is 0 Å². The van der Waals surface area contributed by atoms with Gasteiger partial charge in [-0.2, -0.15) is 0 Å². The molecular formula is C12H23N2OS+. The molecule has 0 saturated carbocycles. The molecule has 2 heterocycles. The summed E-state index contributed by atoms with van der Waals surface area (Å²) in [6.45, 7) is 6.60. The van der Waals surface area contributed by atoms with Crippen LogP contribution in [0.3, 0.4) is 0 Å². The standard InChI is InChI=1S/C12H22N2OS/c1-3-4-5-6-12(2)11-14(8-7-13-12)10(15)9-16-11/h11,13H,3-9H2,1-2H3/p+1/t11-,12+/m1/s1. The van der Waals surface area contributed by atoms with Crippen molar-refractivity contribution in [2.24, 2.45) is 0 Å². The van der Waals surface area contributed by atoms with Crippen molar-refractivity contribution in [2.45, 2.75) is 50.4 Å². The van der Waals surface area contributed by atoms with E-state index >= 15 is 0 Å². The SMILES string of the molecule is CCCCC[C@]1(C)[NH2+]CCN2C(=O)CS[C@@H]21. The van der Waals surface area contributed by atoms with Gasteiger partial charge in [-0.1, -0.05) is 19.8 Å². The number of rotatable bonds is 4. The maximum atomic E-state index is 11.7. The van der Waals surface area contributed by atoms with Gasteiger partial charge in [-0.15, -0.1) is 11.8 Å². The molecule has 0 bridgehead atoms. The summed E-state index contributed by atoms with van der Waals surface area (Å²) in [7, 11) is 0. The maximum Gasteiger partial charge on any atom is 0.233 e. The number of hydrogen-bond acceptors (Lipinski definition) is 2. The molecule has 2 aliphatic heterocycles. The Balaban J connectivity index is 1.99. The van der Waals surface area contributed by atoms with Gasteiger partial charge in [-0.05, 0) is 13.3 Å². The molecule has 1 amide bonds. The van der Waals surface area contributed by atoms with Gasteiger partial charge in [0.15, 0.2) is 0 Å². The molecular weight excluding hydrogens is 220 g/mol. The fourth-order valence-electron chi connectivity index (χ4n) is 2.86. The molecule has 0 aliphatic carbocycles. The normalized spacial score (nSPS) is 34.2. The monoisotopic (exact) mass is 243 g/mol. The summed E-state index contributed by atoms with van der Waals surface area (Å²) in [5.74, 6) is 1.05. The van der Waals surface area contributed by atoms with Crippen LogP contribution < -0.4 is 5.32 Å². The molecule has 2 rings (SSSR count). The fraction of sp³-hybridized carbons (Fsp3) is 0.917. The number of carbonyl (C=O) groups is 1. The molecule has 2 N–H and O–H groups in total. The summed E-state index contributed by atoms with van der Waals surface area (Å²) in [6, 6.07) is 0. The molecule has 2 aliphatic rings. The number of piperazine rings is 1. The lowest BCUT2D eigenvalue weighted by Gasteiger charge is -2.41. The van der Waals surface area contributed by atoms with Gasteiger partial charge in [0.2, 0.25) is 5.91 Å². The van der Waals surface area contributed by atoms with Gasteiger partial charge < -0.3 is 10.2 Å². The van der Waals surface area contributed by atoms with Gasteiger partial charge >= 0.3 is 0 Å². The first kappa shape index (κ1) is 12.2. The first-order valence-electron chi connectivity index (χ1n) is 6.43. The quantitative estimate of drug-likeness (QED) is 0.742. The predicted octanol–water partition coefficient (Wildman–Crippen LogP) is 0.804. The summed E-state index contributed by atoms with van der Waals surface area (Å²) in [4.78, 5) is 13.8. The Labute approximate surface area is 102 Å². The minimum atomic E-state index is 0.254. The average Bonchev–Trinajstić information content (AvgIpc) is 2.63. The third kappa shape index (κ3) is 2.23. The van der Waals surface area contributed by atoms with Crippen LogP contribution in [-0.2, 0) is 4.79 Å². The number of fused-ring (bicyclic) bond motifs is 1. The third-order valence-electron chi connectivity index (χ3n) is 3.83. The van der Waals surface area contributed by atoms with E-state index in [-0.39, 0.29) is 5.54 Å². The Kier molecular flexibility index (Phi) is 3.80. The number of carbonyl (C=O) groups excluding carboxylic acids is 1. The van der Waals surface area contributed by atoms with Crippen molar-refractivity contribution in [1.29, 1.82) is 0 Å². The van der Waals surface area contributed by atoms with Gasteiger partial charge in [0, 0.05) is 6.42 Å². The van der Waals surface area contributed by atoms with E-state index in [1.807, 2.05) is 11.8 Å². The van der Waals surface area contributed by atoms with Crippen molar-refractivity contribution >= 4 is 17.7 Å². The number of nitrogens with two attached hydrogens (primary N) is 1. The molecule has 3 nitrogen and oxygen atoms in total. The average molecular weight is 243 g/mol. The smallest absolute Gasteiger partial charge is 0.233 e. The largest absolute Gasteiger partial charge is 0.338 e. The van der Waals surface area contributed by atoms with Gasteiger partial charge in [-0.25, -0.2) is 0 Å². The number of unbranched alkanes of at least 4 members (excludes halogenated alkanes) is 2. The Hall–Kier alpha value is -0.220. The third-order valence-corrected chi connectivity index (χ3v) is 5.35. The predicted molar refractivity (Wildman–Crippen MR) is 67.3 cm³/mol. The molecule has 2 fully saturated rings. The van der Waals surface area contributed by atoms with Crippen LogP contribution in [-0.4, -0.2) is 40.6 Å². The molecule has 2 atom stereocenters. The van der Waals surface area contributed by atoms with Crippen molar-refractivity contribution in [3.8, 4) is 0 Å². The van der Waals surface area contributed by atoms with Crippen LogP contribution in [0.5, 0.6) is 0 Å². The van der Waals surface area contributed by atoms with E-state index in [9.17, 15) is 4.79 Å². The number of thioether (sulfide) groups is 1. The maximum absolute atomic E-state index is 11.7. The van der Waals surface area contributed by atoms with Crippen molar-refractivity contribution in [2.75, 3.05) is 18.8 Å². The van der Waals surface area contributed by atoms with Crippen molar-refractivity contribution in [1.82, 2.24) is 4.90 Å². The minimum Gasteiger partial charge on any atom is -0.338 e. The summed E-state index contributed by atoms with van der Waals surface area (Å²) >= 11 is 1.84.